The van der Waals surface area contributed by atoms with Crippen molar-refractivity contribution in [3.63, 3.8) is 0 Å². The molecule has 7 heteroatoms. The van der Waals surface area contributed by atoms with E-state index in [9.17, 15) is 9.59 Å². The van der Waals surface area contributed by atoms with Crippen molar-refractivity contribution < 1.29 is 19.1 Å². The monoisotopic (exact) mass is 338 g/mol. The van der Waals surface area contributed by atoms with Crippen molar-refractivity contribution in [2.75, 3.05) is 37.1 Å². The number of anilines is 1. The van der Waals surface area contributed by atoms with Crippen LogP contribution >= 0.6 is 11.8 Å². The molecule has 2 amide bonds. The maximum Gasteiger partial charge on any atom is 0.313 e. The minimum atomic E-state index is -0.714. The van der Waals surface area contributed by atoms with Gasteiger partial charge in [0, 0.05) is 19.4 Å². The number of hydrogen-bond acceptors (Lipinski definition) is 5. The van der Waals surface area contributed by atoms with Crippen molar-refractivity contribution in [1.29, 1.82) is 0 Å². The van der Waals surface area contributed by atoms with E-state index in [2.05, 4.69) is 10.6 Å². The molecule has 1 aromatic carbocycles. The van der Waals surface area contributed by atoms with Crippen LogP contribution in [0.1, 0.15) is 13.3 Å². The fourth-order valence-electron chi connectivity index (χ4n) is 2.31. The molecule has 1 atom stereocenters. The quantitative estimate of drug-likeness (QED) is 0.772. The van der Waals surface area contributed by atoms with E-state index in [0.717, 1.165) is 17.9 Å². The fourth-order valence-corrected chi connectivity index (χ4v) is 3.71. The molecule has 0 aromatic heterocycles. The van der Waals surface area contributed by atoms with Gasteiger partial charge < -0.3 is 20.1 Å². The second kappa shape index (κ2) is 8.21. The molecule has 126 valence electrons. The van der Waals surface area contributed by atoms with Crippen molar-refractivity contribution in [2.24, 2.45) is 0 Å². The smallest absolute Gasteiger partial charge is 0.313 e. The fraction of sp³-hybridized carbons (Fsp3) is 0.500. The normalized spacial score (nSPS) is 20.1. The Morgan fingerprint density at radius 2 is 2.09 bits per heavy atom. The number of nitrogens with one attached hydrogen (secondary N) is 2. The summed E-state index contributed by atoms with van der Waals surface area (Å²) in [5, 5.41) is 5.24. The van der Waals surface area contributed by atoms with E-state index in [1.165, 1.54) is 0 Å². The first kappa shape index (κ1) is 17.6. The van der Waals surface area contributed by atoms with Crippen LogP contribution in [0.15, 0.2) is 24.3 Å². The van der Waals surface area contributed by atoms with Crippen LogP contribution in [0.5, 0.6) is 5.75 Å². The topological polar surface area (TPSA) is 76.7 Å². The molecule has 0 unspecified atom stereocenters. The summed E-state index contributed by atoms with van der Waals surface area (Å²) in [5.74, 6) is 0.964. The Bertz CT molecular complexity index is 559. The molecule has 6 nitrogen and oxygen atoms in total. The van der Waals surface area contributed by atoms with Crippen LogP contribution < -0.4 is 15.4 Å². The summed E-state index contributed by atoms with van der Waals surface area (Å²) in [6.07, 6.45) is 0.864. The number of carbonyl (C=O) groups excluding carboxylic acids is 2. The van der Waals surface area contributed by atoms with Gasteiger partial charge in [-0.25, -0.2) is 0 Å². The van der Waals surface area contributed by atoms with Crippen LogP contribution in [0.2, 0.25) is 0 Å². The molecule has 0 radical (unpaired) electrons. The molecular formula is C16H22N2O4S. The highest BCUT2D eigenvalue weighted by molar-refractivity contribution is 7.99. The second-order valence-electron chi connectivity index (χ2n) is 5.26. The Morgan fingerprint density at radius 3 is 2.74 bits per heavy atom. The van der Waals surface area contributed by atoms with E-state index in [1.807, 2.05) is 6.92 Å². The third kappa shape index (κ3) is 4.62. The highest BCUT2D eigenvalue weighted by Gasteiger charge is 2.35. The van der Waals surface area contributed by atoms with E-state index in [4.69, 9.17) is 9.47 Å². The van der Waals surface area contributed by atoms with Gasteiger partial charge in [0.15, 0.2) is 0 Å². The lowest BCUT2D eigenvalue weighted by Gasteiger charge is -2.26. The van der Waals surface area contributed by atoms with Crippen LogP contribution in [-0.4, -0.2) is 49.2 Å². The van der Waals surface area contributed by atoms with Crippen LogP contribution in [-0.2, 0) is 14.3 Å². The summed E-state index contributed by atoms with van der Waals surface area (Å²) >= 11 is 1.78. The second-order valence-corrected chi connectivity index (χ2v) is 6.36. The van der Waals surface area contributed by atoms with Gasteiger partial charge >= 0.3 is 11.8 Å². The van der Waals surface area contributed by atoms with Crippen LogP contribution in [0.3, 0.4) is 0 Å². The zero-order valence-corrected chi connectivity index (χ0v) is 14.2. The zero-order valence-electron chi connectivity index (χ0n) is 13.4. The lowest BCUT2D eigenvalue weighted by Crippen LogP contribution is -2.47. The summed E-state index contributed by atoms with van der Waals surface area (Å²) in [5.41, 5.74) is 0.108. The van der Waals surface area contributed by atoms with Gasteiger partial charge in [0.1, 0.15) is 5.75 Å². The predicted octanol–water partition coefficient (Wildman–Crippen LogP) is 1.66. The van der Waals surface area contributed by atoms with Crippen molar-refractivity contribution in [2.45, 2.75) is 18.9 Å². The summed E-state index contributed by atoms with van der Waals surface area (Å²) in [6, 6.07) is 7.01. The highest BCUT2D eigenvalue weighted by atomic mass is 32.2. The Kier molecular flexibility index (Phi) is 6.29. The first-order valence-corrected chi connectivity index (χ1v) is 8.69. The Labute approximate surface area is 140 Å². The molecule has 0 spiro atoms. The SMILES string of the molecule is CCOc1ccccc1NC(=O)C(=O)NC[C@@]1(OC)CCSC1. The lowest BCUT2D eigenvalue weighted by atomic mass is 10.0. The number of amides is 2. The summed E-state index contributed by atoms with van der Waals surface area (Å²) in [4.78, 5) is 24.0. The van der Waals surface area contributed by atoms with Gasteiger partial charge in [-0.05, 0) is 31.2 Å². The molecule has 1 fully saturated rings. The maximum absolute atomic E-state index is 12.0. The Hall–Kier alpha value is -1.73. The van der Waals surface area contributed by atoms with Gasteiger partial charge in [-0.1, -0.05) is 12.1 Å². The molecule has 1 saturated heterocycles. The third-order valence-corrected chi connectivity index (χ3v) is 4.94. The van der Waals surface area contributed by atoms with E-state index >= 15 is 0 Å². The summed E-state index contributed by atoms with van der Waals surface area (Å²) in [7, 11) is 1.64. The molecule has 2 rings (SSSR count). The van der Waals surface area contributed by atoms with Crippen molar-refractivity contribution in [3.8, 4) is 5.75 Å². The number of hydrogen-bond donors (Lipinski definition) is 2. The number of para-hydroxylation sites is 2. The van der Waals surface area contributed by atoms with Crippen LogP contribution in [0.4, 0.5) is 5.69 Å². The molecule has 1 heterocycles. The van der Waals surface area contributed by atoms with E-state index < -0.39 is 11.8 Å². The predicted molar refractivity (Wildman–Crippen MR) is 90.9 cm³/mol. The Balaban J connectivity index is 1.91. The molecule has 1 aliphatic rings. The van der Waals surface area contributed by atoms with Crippen LogP contribution in [0.25, 0.3) is 0 Å². The molecule has 1 aliphatic heterocycles. The number of rotatable bonds is 6. The van der Waals surface area contributed by atoms with Gasteiger partial charge in [-0.2, -0.15) is 11.8 Å². The molecule has 1 aromatic rings. The summed E-state index contributed by atoms with van der Waals surface area (Å²) in [6.45, 7) is 2.66. The van der Waals surface area contributed by atoms with Crippen molar-refractivity contribution in [1.82, 2.24) is 5.32 Å². The highest BCUT2D eigenvalue weighted by Crippen LogP contribution is 2.30. The first-order chi connectivity index (χ1) is 11.1. The minimum Gasteiger partial charge on any atom is -0.492 e. The maximum atomic E-state index is 12.0. The standard InChI is InChI=1S/C16H22N2O4S/c1-3-22-13-7-5-4-6-12(13)18-15(20)14(19)17-10-16(21-2)8-9-23-11-16/h4-7H,3,8-11H2,1-2H3,(H,17,19)(H,18,20)/t16-/m0/s1. The molecule has 2 N–H and O–H groups in total. The van der Waals surface area contributed by atoms with Crippen molar-refractivity contribution in [3.05, 3.63) is 24.3 Å². The van der Waals surface area contributed by atoms with Crippen molar-refractivity contribution >= 4 is 29.3 Å². The van der Waals surface area contributed by atoms with E-state index in [1.54, 1.807) is 43.1 Å². The number of ether oxygens (including phenoxy) is 2. The largest absolute Gasteiger partial charge is 0.492 e. The first-order valence-electron chi connectivity index (χ1n) is 7.54. The molecule has 0 saturated carbocycles. The zero-order chi connectivity index (χ0) is 16.7. The average molecular weight is 338 g/mol. The van der Waals surface area contributed by atoms with Gasteiger partial charge in [-0.15, -0.1) is 0 Å². The number of thioether (sulfide) groups is 1. The molecule has 0 aliphatic carbocycles. The van der Waals surface area contributed by atoms with E-state index in [0.29, 0.717) is 24.6 Å². The van der Waals surface area contributed by atoms with E-state index in [-0.39, 0.29) is 5.60 Å². The van der Waals surface area contributed by atoms with Gasteiger partial charge in [0.05, 0.1) is 17.9 Å². The van der Waals surface area contributed by atoms with Gasteiger partial charge in [-0.3, -0.25) is 9.59 Å². The number of carbonyl (C=O) groups is 2. The number of methoxy groups -OCH3 is 1. The van der Waals surface area contributed by atoms with Gasteiger partial charge in [0.25, 0.3) is 0 Å². The molecule has 0 bridgehead atoms. The minimum absolute atomic E-state index is 0.329. The summed E-state index contributed by atoms with van der Waals surface area (Å²) < 4.78 is 10.9. The third-order valence-electron chi connectivity index (χ3n) is 3.71. The molecule has 23 heavy (non-hydrogen) atoms. The van der Waals surface area contributed by atoms with Gasteiger partial charge in [0.2, 0.25) is 0 Å². The average Bonchev–Trinajstić information content (AvgIpc) is 3.04. The Morgan fingerprint density at radius 1 is 1.30 bits per heavy atom. The van der Waals surface area contributed by atoms with Crippen LogP contribution in [0, 0.1) is 0 Å². The lowest BCUT2D eigenvalue weighted by molar-refractivity contribution is -0.136. The molecular weight excluding hydrogens is 316 g/mol. The number of benzene rings is 1.